The number of fused-ring (bicyclic) bond motifs is 2. The van der Waals surface area contributed by atoms with Gasteiger partial charge in [-0.15, -0.1) is 0 Å². The first-order valence-electron chi connectivity index (χ1n) is 12.7. The summed E-state index contributed by atoms with van der Waals surface area (Å²) in [7, 11) is 0. The second-order valence-electron chi connectivity index (χ2n) is 10.3. The number of hydrogen-bond donors (Lipinski definition) is 1. The number of ether oxygens (including phenoxy) is 1. The van der Waals surface area contributed by atoms with E-state index in [-0.39, 0.29) is 18.2 Å². The van der Waals surface area contributed by atoms with Gasteiger partial charge in [-0.1, -0.05) is 40.9 Å². The van der Waals surface area contributed by atoms with E-state index < -0.39 is 11.2 Å². The fourth-order valence-corrected chi connectivity index (χ4v) is 6.00. The van der Waals surface area contributed by atoms with Crippen LogP contribution in [0, 0.1) is 19.8 Å². The molecule has 190 valence electrons. The second-order valence-corrected chi connectivity index (χ2v) is 11.2. The average molecular weight is 554 g/mol. The molecular weight excluding hydrogens is 522 g/mol. The van der Waals surface area contributed by atoms with Crippen LogP contribution in [0.3, 0.4) is 0 Å². The third-order valence-corrected chi connectivity index (χ3v) is 8.60. The van der Waals surface area contributed by atoms with E-state index in [0.717, 1.165) is 52.2 Å². The smallest absolute Gasteiger partial charge is 0.340 e. The Morgan fingerprint density at radius 3 is 2.69 bits per heavy atom. The van der Waals surface area contributed by atoms with Crippen molar-refractivity contribution in [2.45, 2.75) is 64.6 Å². The summed E-state index contributed by atoms with van der Waals surface area (Å²) in [6, 6.07) is 11.7. The van der Waals surface area contributed by atoms with Gasteiger partial charge in [0.25, 0.3) is 0 Å². The van der Waals surface area contributed by atoms with Gasteiger partial charge in [-0.2, -0.15) is 0 Å². The van der Waals surface area contributed by atoms with Gasteiger partial charge in [0.05, 0.1) is 17.6 Å². The summed E-state index contributed by atoms with van der Waals surface area (Å²) in [6.45, 7) is 5.25. The van der Waals surface area contributed by atoms with E-state index in [1.165, 1.54) is 0 Å². The van der Waals surface area contributed by atoms with Crippen molar-refractivity contribution < 1.29 is 19.1 Å². The van der Waals surface area contributed by atoms with E-state index in [2.05, 4.69) is 15.9 Å². The largest absolute Gasteiger partial charge is 0.488 e. The summed E-state index contributed by atoms with van der Waals surface area (Å²) in [5, 5.41) is 11.7. The predicted molar refractivity (Wildman–Crippen MR) is 142 cm³/mol. The van der Waals surface area contributed by atoms with E-state index >= 15 is 0 Å². The van der Waals surface area contributed by atoms with Gasteiger partial charge in [0.2, 0.25) is 5.91 Å². The number of aryl methyl sites for hydroxylation is 2. The van der Waals surface area contributed by atoms with Crippen LogP contribution in [0.25, 0.3) is 11.0 Å². The molecule has 1 saturated heterocycles. The molecule has 2 atom stereocenters. The molecule has 2 heterocycles. The Bertz CT molecular complexity index is 1350. The highest BCUT2D eigenvalue weighted by Crippen LogP contribution is 2.40. The Hall–Kier alpha value is -2.64. The van der Waals surface area contributed by atoms with Crippen molar-refractivity contribution in [2.75, 3.05) is 13.1 Å². The molecule has 0 bridgehead atoms. The standard InChI is InChI=1S/C29H32BrNO5/c1-18-23-10-11-25(35-17-20-6-8-22(30)9-7-20)19(2)27(23)36-28(33)24(18)15-26(32)31-14-13-29(34)12-4-3-5-21(29)16-31/h6-11,21,34H,3-5,12-17H2,1-2H3/t21-,29+/m0/s1. The molecule has 2 aromatic carbocycles. The third kappa shape index (κ3) is 4.83. The number of benzene rings is 2. The monoisotopic (exact) mass is 553 g/mol. The first-order valence-corrected chi connectivity index (χ1v) is 13.5. The molecule has 1 amide bonds. The summed E-state index contributed by atoms with van der Waals surface area (Å²) in [4.78, 5) is 28.0. The first-order chi connectivity index (χ1) is 17.2. The Morgan fingerprint density at radius 2 is 1.92 bits per heavy atom. The molecule has 1 saturated carbocycles. The van der Waals surface area contributed by atoms with Crippen LogP contribution >= 0.6 is 15.9 Å². The van der Waals surface area contributed by atoms with Crippen molar-refractivity contribution >= 4 is 32.8 Å². The molecule has 5 rings (SSSR count). The maximum atomic E-state index is 13.2. The summed E-state index contributed by atoms with van der Waals surface area (Å²) in [5.74, 6) is 0.699. The lowest BCUT2D eigenvalue weighted by Gasteiger charge is -2.47. The van der Waals surface area contributed by atoms with Crippen molar-refractivity contribution in [2.24, 2.45) is 5.92 Å². The summed E-state index contributed by atoms with van der Waals surface area (Å²) in [6.07, 6.45) is 4.53. The van der Waals surface area contributed by atoms with Crippen LogP contribution in [0.5, 0.6) is 5.75 Å². The van der Waals surface area contributed by atoms with Gasteiger partial charge in [-0.3, -0.25) is 4.79 Å². The van der Waals surface area contributed by atoms with Crippen molar-refractivity contribution in [3.05, 3.63) is 73.5 Å². The minimum atomic E-state index is -0.637. The van der Waals surface area contributed by atoms with Crippen LogP contribution in [0.15, 0.2) is 50.1 Å². The third-order valence-electron chi connectivity index (χ3n) is 8.07. The normalized spacial score (nSPS) is 21.9. The molecule has 0 radical (unpaired) electrons. The Balaban J connectivity index is 1.34. The summed E-state index contributed by atoms with van der Waals surface area (Å²) < 4.78 is 12.8. The highest BCUT2D eigenvalue weighted by Gasteiger charge is 2.43. The molecule has 6 nitrogen and oxygen atoms in total. The molecule has 7 heteroatoms. The van der Waals surface area contributed by atoms with E-state index in [0.29, 0.717) is 43.0 Å². The number of amides is 1. The average Bonchev–Trinajstić information content (AvgIpc) is 2.87. The lowest BCUT2D eigenvalue weighted by Crippen LogP contribution is -2.55. The topological polar surface area (TPSA) is 80.0 Å². The van der Waals surface area contributed by atoms with Gasteiger partial charge < -0.3 is 19.2 Å². The Morgan fingerprint density at radius 1 is 1.14 bits per heavy atom. The quantitative estimate of drug-likeness (QED) is 0.425. The van der Waals surface area contributed by atoms with Gasteiger partial charge in [-0.25, -0.2) is 4.79 Å². The molecular formula is C29H32BrNO5. The first kappa shape index (κ1) is 25.0. The van der Waals surface area contributed by atoms with Gasteiger partial charge in [0.15, 0.2) is 0 Å². The van der Waals surface area contributed by atoms with Crippen LogP contribution in [-0.2, 0) is 17.8 Å². The predicted octanol–water partition coefficient (Wildman–Crippen LogP) is 5.45. The summed E-state index contributed by atoms with van der Waals surface area (Å²) in [5.41, 5.74) is 2.34. The number of hydrogen-bond acceptors (Lipinski definition) is 5. The number of aliphatic hydroxyl groups is 1. The zero-order chi connectivity index (χ0) is 25.4. The number of piperidine rings is 1. The minimum Gasteiger partial charge on any atom is -0.488 e. The molecule has 1 aromatic heterocycles. The number of rotatable bonds is 5. The highest BCUT2D eigenvalue weighted by atomic mass is 79.9. The number of nitrogens with zero attached hydrogens (tertiary/aromatic N) is 1. The fourth-order valence-electron chi connectivity index (χ4n) is 5.73. The second kappa shape index (κ2) is 10.0. The number of carbonyl (C=O) groups excluding carboxylic acids is 1. The van der Waals surface area contributed by atoms with E-state index in [1.54, 1.807) is 0 Å². The Labute approximate surface area is 219 Å². The van der Waals surface area contributed by atoms with Crippen molar-refractivity contribution in [1.82, 2.24) is 4.90 Å². The van der Waals surface area contributed by atoms with Crippen LogP contribution in [0.4, 0.5) is 0 Å². The Kier molecular flexibility index (Phi) is 6.97. The SMILES string of the molecule is Cc1c(CC(=O)N2CC[C@]3(O)CCCC[C@H]3C2)c(=O)oc2c(C)c(OCc3ccc(Br)cc3)ccc12. The van der Waals surface area contributed by atoms with E-state index in [4.69, 9.17) is 9.15 Å². The highest BCUT2D eigenvalue weighted by molar-refractivity contribution is 9.10. The maximum Gasteiger partial charge on any atom is 0.340 e. The molecule has 2 fully saturated rings. The molecule has 2 aliphatic rings. The van der Waals surface area contributed by atoms with Crippen molar-refractivity contribution in [3.63, 3.8) is 0 Å². The van der Waals surface area contributed by atoms with Gasteiger partial charge in [0.1, 0.15) is 17.9 Å². The molecule has 1 N–H and O–H groups in total. The van der Waals surface area contributed by atoms with Gasteiger partial charge in [-0.05, 0) is 68.5 Å². The molecule has 36 heavy (non-hydrogen) atoms. The van der Waals surface area contributed by atoms with E-state index in [1.807, 2.05) is 55.1 Å². The van der Waals surface area contributed by atoms with Crippen LogP contribution in [-0.4, -0.2) is 34.6 Å². The molecule has 0 unspecified atom stereocenters. The molecule has 1 aliphatic carbocycles. The lowest BCUT2D eigenvalue weighted by molar-refractivity contribution is -0.142. The number of likely N-dealkylation sites (tertiary alicyclic amines) is 1. The van der Waals surface area contributed by atoms with Crippen molar-refractivity contribution in [3.8, 4) is 5.75 Å². The van der Waals surface area contributed by atoms with Crippen molar-refractivity contribution in [1.29, 1.82) is 0 Å². The fraction of sp³-hybridized carbons (Fsp3) is 0.448. The zero-order valence-corrected chi connectivity index (χ0v) is 22.4. The zero-order valence-electron chi connectivity index (χ0n) is 20.8. The van der Waals surface area contributed by atoms with Gasteiger partial charge in [0, 0.05) is 34.4 Å². The summed E-state index contributed by atoms with van der Waals surface area (Å²) >= 11 is 3.44. The van der Waals surface area contributed by atoms with Crippen LogP contribution < -0.4 is 10.4 Å². The maximum absolute atomic E-state index is 13.2. The molecule has 3 aromatic rings. The molecule has 1 aliphatic heterocycles. The van der Waals surface area contributed by atoms with Crippen LogP contribution in [0.1, 0.15) is 54.4 Å². The number of carbonyl (C=O) groups is 1. The molecule has 0 spiro atoms. The number of halogens is 1. The van der Waals surface area contributed by atoms with Crippen LogP contribution in [0.2, 0.25) is 0 Å². The van der Waals surface area contributed by atoms with Gasteiger partial charge >= 0.3 is 5.63 Å². The minimum absolute atomic E-state index is 0.0100. The lowest BCUT2D eigenvalue weighted by atomic mass is 9.71. The van der Waals surface area contributed by atoms with E-state index in [9.17, 15) is 14.7 Å².